The summed E-state index contributed by atoms with van der Waals surface area (Å²) in [4.78, 5) is 0. The van der Waals surface area contributed by atoms with Gasteiger partial charge in [0.1, 0.15) is 5.75 Å². The number of hydrogen-bond donors (Lipinski definition) is 2. The van der Waals surface area contributed by atoms with E-state index in [1.807, 2.05) is 49.8 Å². The van der Waals surface area contributed by atoms with Crippen molar-refractivity contribution in [3.05, 3.63) is 53.3 Å². The van der Waals surface area contributed by atoms with Crippen LogP contribution in [-0.4, -0.2) is 14.9 Å². The summed E-state index contributed by atoms with van der Waals surface area (Å²) in [5, 5.41) is 20.2. The van der Waals surface area contributed by atoms with Crippen LogP contribution in [0.2, 0.25) is 0 Å². The summed E-state index contributed by atoms with van der Waals surface area (Å²) in [7, 11) is 1.93. The summed E-state index contributed by atoms with van der Waals surface area (Å²) < 4.78 is 1.86. The third kappa shape index (κ3) is 2.33. The fourth-order valence-electron chi connectivity index (χ4n) is 2.72. The number of phenols is 1. The molecule has 0 amide bonds. The standard InChI is InChI=1S/C17H19N3O/c1-11-17(12(2)20(3)19-11)18-10-15-14-7-5-4-6-13(14)8-9-16(15)21/h4-9,18,21H,10H2,1-3H3. The number of aromatic nitrogens is 2. The van der Waals surface area contributed by atoms with Crippen LogP contribution in [0.4, 0.5) is 5.69 Å². The normalized spacial score (nSPS) is 11.0. The smallest absolute Gasteiger partial charge is 0.121 e. The number of nitrogens with one attached hydrogen (secondary N) is 1. The van der Waals surface area contributed by atoms with E-state index in [0.29, 0.717) is 12.3 Å². The van der Waals surface area contributed by atoms with E-state index in [2.05, 4.69) is 16.5 Å². The quantitative estimate of drug-likeness (QED) is 0.772. The number of phenolic OH excluding ortho intramolecular Hbond substituents is 1. The number of aryl methyl sites for hydroxylation is 2. The molecule has 2 N–H and O–H groups in total. The molecule has 0 aliphatic carbocycles. The molecule has 108 valence electrons. The van der Waals surface area contributed by atoms with Gasteiger partial charge in [0.2, 0.25) is 0 Å². The molecule has 0 aliphatic heterocycles. The fraction of sp³-hybridized carbons (Fsp3) is 0.235. The van der Waals surface area contributed by atoms with E-state index in [4.69, 9.17) is 0 Å². The Morgan fingerprint density at radius 3 is 2.62 bits per heavy atom. The first-order valence-corrected chi connectivity index (χ1v) is 7.01. The number of rotatable bonds is 3. The molecule has 0 radical (unpaired) electrons. The molecule has 0 aliphatic rings. The molecule has 3 aromatic rings. The molecule has 4 heteroatoms. The van der Waals surface area contributed by atoms with E-state index >= 15 is 0 Å². The summed E-state index contributed by atoms with van der Waals surface area (Å²) in [5.41, 5.74) is 4.00. The fourth-order valence-corrected chi connectivity index (χ4v) is 2.72. The maximum absolute atomic E-state index is 10.2. The van der Waals surface area contributed by atoms with E-state index in [1.165, 1.54) is 0 Å². The summed E-state index contributed by atoms with van der Waals surface area (Å²) in [6.45, 7) is 4.59. The van der Waals surface area contributed by atoms with Gasteiger partial charge >= 0.3 is 0 Å². The summed E-state index contributed by atoms with van der Waals surface area (Å²) in [5.74, 6) is 0.320. The second-order valence-corrected chi connectivity index (χ2v) is 5.31. The third-order valence-corrected chi connectivity index (χ3v) is 3.97. The molecule has 1 aromatic heterocycles. The zero-order valence-electron chi connectivity index (χ0n) is 12.5. The predicted molar refractivity (Wildman–Crippen MR) is 85.6 cm³/mol. The summed E-state index contributed by atoms with van der Waals surface area (Å²) in [6, 6.07) is 11.8. The summed E-state index contributed by atoms with van der Waals surface area (Å²) >= 11 is 0. The van der Waals surface area contributed by atoms with Crippen LogP contribution in [0.3, 0.4) is 0 Å². The Balaban J connectivity index is 1.97. The molecule has 0 saturated carbocycles. The van der Waals surface area contributed by atoms with Crippen LogP contribution in [-0.2, 0) is 13.6 Å². The molecule has 0 saturated heterocycles. The van der Waals surface area contributed by atoms with Gasteiger partial charge in [0.15, 0.2) is 0 Å². The first-order valence-electron chi connectivity index (χ1n) is 7.01. The number of benzene rings is 2. The average molecular weight is 281 g/mol. The molecule has 4 nitrogen and oxygen atoms in total. The zero-order valence-corrected chi connectivity index (χ0v) is 12.5. The molecule has 3 rings (SSSR count). The molecular weight excluding hydrogens is 262 g/mol. The minimum Gasteiger partial charge on any atom is -0.508 e. The van der Waals surface area contributed by atoms with Crippen LogP contribution in [0.1, 0.15) is 17.0 Å². The Labute approximate surface area is 124 Å². The molecule has 1 heterocycles. The second kappa shape index (κ2) is 5.13. The van der Waals surface area contributed by atoms with Crippen LogP contribution in [0.5, 0.6) is 5.75 Å². The Kier molecular flexibility index (Phi) is 3.29. The highest BCUT2D eigenvalue weighted by Gasteiger charge is 2.11. The van der Waals surface area contributed by atoms with E-state index in [9.17, 15) is 5.11 Å². The molecular formula is C17H19N3O. The monoisotopic (exact) mass is 281 g/mol. The van der Waals surface area contributed by atoms with Gasteiger partial charge < -0.3 is 10.4 Å². The number of fused-ring (bicyclic) bond motifs is 1. The lowest BCUT2D eigenvalue weighted by atomic mass is 10.0. The highest BCUT2D eigenvalue weighted by molar-refractivity contribution is 5.87. The van der Waals surface area contributed by atoms with Crippen molar-refractivity contribution in [3.8, 4) is 5.75 Å². The summed E-state index contributed by atoms with van der Waals surface area (Å²) in [6.07, 6.45) is 0. The number of nitrogens with zero attached hydrogens (tertiary/aromatic N) is 2. The van der Waals surface area contributed by atoms with Crippen molar-refractivity contribution in [3.63, 3.8) is 0 Å². The number of hydrogen-bond acceptors (Lipinski definition) is 3. The van der Waals surface area contributed by atoms with Gasteiger partial charge in [-0.15, -0.1) is 0 Å². The van der Waals surface area contributed by atoms with Crippen molar-refractivity contribution in [2.45, 2.75) is 20.4 Å². The lowest BCUT2D eigenvalue weighted by molar-refractivity contribution is 0.470. The van der Waals surface area contributed by atoms with Gasteiger partial charge in [0.05, 0.1) is 17.1 Å². The molecule has 0 spiro atoms. The van der Waals surface area contributed by atoms with Gasteiger partial charge in [0, 0.05) is 19.2 Å². The zero-order chi connectivity index (χ0) is 15.0. The van der Waals surface area contributed by atoms with Crippen molar-refractivity contribution in [1.82, 2.24) is 9.78 Å². The minimum atomic E-state index is 0.320. The van der Waals surface area contributed by atoms with Gasteiger partial charge in [0.25, 0.3) is 0 Å². The maximum Gasteiger partial charge on any atom is 0.121 e. The second-order valence-electron chi connectivity index (χ2n) is 5.31. The van der Waals surface area contributed by atoms with Crippen molar-refractivity contribution >= 4 is 16.5 Å². The first kappa shape index (κ1) is 13.5. The Bertz CT molecular complexity index is 805. The topological polar surface area (TPSA) is 50.1 Å². The van der Waals surface area contributed by atoms with Crippen LogP contribution in [0.15, 0.2) is 36.4 Å². The Morgan fingerprint density at radius 2 is 1.90 bits per heavy atom. The van der Waals surface area contributed by atoms with Gasteiger partial charge in [-0.05, 0) is 30.7 Å². The van der Waals surface area contributed by atoms with Gasteiger partial charge in [-0.25, -0.2) is 0 Å². The molecule has 21 heavy (non-hydrogen) atoms. The molecule has 0 atom stereocenters. The predicted octanol–water partition coefficient (Wildman–Crippen LogP) is 3.51. The highest BCUT2D eigenvalue weighted by Crippen LogP contribution is 2.28. The van der Waals surface area contributed by atoms with Crippen molar-refractivity contribution < 1.29 is 5.11 Å². The van der Waals surface area contributed by atoms with Crippen molar-refractivity contribution in [2.24, 2.45) is 7.05 Å². The van der Waals surface area contributed by atoms with Crippen LogP contribution >= 0.6 is 0 Å². The lowest BCUT2D eigenvalue weighted by Crippen LogP contribution is -2.03. The maximum atomic E-state index is 10.2. The minimum absolute atomic E-state index is 0.320. The van der Waals surface area contributed by atoms with E-state index in [1.54, 1.807) is 6.07 Å². The Hall–Kier alpha value is -2.49. The molecule has 0 fully saturated rings. The highest BCUT2D eigenvalue weighted by atomic mass is 16.3. The average Bonchev–Trinajstić information content (AvgIpc) is 2.72. The molecule has 0 bridgehead atoms. The van der Waals surface area contributed by atoms with Crippen LogP contribution < -0.4 is 5.32 Å². The van der Waals surface area contributed by atoms with Gasteiger partial charge in [-0.3, -0.25) is 4.68 Å². The SMILES string of the molecule is Cc1nn(C)c(C)c1NCc1c(O)ccc2ccccc12. The Morgan fingerprint density at radius 1 is 1.14 bits per heavy atom. The third-order valence-electron chi connectivity index (χ3n) is 3.97. The van der Waals surface area contributed by atoms with Crippen molar-refractivity contribution in [1.29, 1.82) is 0 Å². The van der Waals surface area contributed by atoms with Crippen molar-refractivity contribution in [2.75, 3.05) is 5.32 Å². The number of anilines is 1. The van der Waals surface area contributed by atoms with Crippen LogP contribution in [0.25, 0.3) is 10.8 Å². The van der Waals surface area contributed by atoms with Gasteiger partial charge in [-0.2, -0.15) is 5.10 Å². The van der Waals surface area contributed by atoms with E-state index in [-0.39, 0.29) is 0 Å². The van der Waals surface area contributed by atoms with E-state index in [0.717, 1.165) is 33.4 Å². The molecule has 2 aromatic carbocycles. The first-order chi connectivity index (χ1) is 10.1. The largest absolute Gasteiger partial charge is 0.508 e. The number of aromatic hydroxyl groups is 1. The van der Waals surface area contributed by atoms with Crippen LogP contribution in [0, 0.1) is 13.8 Å². The van der Waals surface area contributed by atoms with E-state index < -0.39 is 0 Å². The molecule has 0 unspecified atom stereocenters. The van der Waals surface area contributed by atoms with Gasteiger partial charge in [-0.1, -0.05) is 30.3 Å². The lowest BCUT2D eigenvalue weighted by Gasteiger charge is -2.11.